The van der Waals surface area contributed by atoms with Gasteiger partial charge in [-0.2, -0.15) is 0 Å². The van der Waals surface area contributed by atoms with Crippen LogP contribution in [0.15, 0.2) is 77.4 Å². The van der Waals surface area contributed by atoms with Crippen LogP contribution < -0.4 is 10.6 Å². The molecule has 0 spiro atoms. The summed E-state index contributed by atoms with van der Waals surface area (Å²) in [6, 6.07) is 17.3. The number of imide groups is 1. The molecule has 0 saturated carbocycles. The Morgan fingerprint density at radius 3 is 2.28 bits per heavy atom. The highest BCUT2D eigenvalue weighted by atomic mass is 16.5. The lowest BCUT2D eigenvalue weighted by Gasteiger charge is -2.10. The fraction of sp³-hybridized carbons (Fsp3) is 0.0476. The van der Waals surface area contributed by atoms with Gasteiger partial charge in [0.25, 0.3) is 17.7 Å². The van der Waals surface area contributed by atoms with Crippen molar-refractivity contribution in [2.75, 3.05) is 11.9 Å². The van der Waals surface area contributed by atoms with E-state index in [4.69, 9.17) is 9.15 Å². The van der Waals surface area contributed by atoms with Gasteiger partial charge in [-0.25, -0.2) is 4.79 Å². The number of hydrogen-bond acceptors (Lipinski definition) is 6. The molecule has 0 aliphatic rings. The molecule has 0 bridgehead atoms. The van der Waals surface area contributed by atoms with Gasteiger partial charge in [-0.05, 0) is 36.4 Å². The van der Waals surface area contributed by atoms with E-state index in [2.05, 4.69) is 10.6 Å². The van der Waals surface area contributed by atoms with Gasteiger partial charge in [-0.1, -0.05) is 30.3 Å². The van der Waals surface area contributed by atoms with Crippen molar-refractivity contribution in [2.24, 2.45) is 0 Å². The van der Waals surface area contributed by atoms with E-state index in [0.717, 1.165) is 0 Å². The van der Waals surface area contributed by atoms with Crippen LogP contribution in [0.25, 0.3) is 0 Å². The molecule has 3 rings (SSSR count). The summed E-state index contributed by atoms with van der Waals surface area (Å²) in [4.78, 5) is 48.3. The van der Waals surface area contributed by atoms with Crippen LogP contribution in [0.1, 0.15) is 31.3 Å². The van der Waals surface area contributed by atoms with E-state index >= 15 is 0 Å². The number of benzene rings is 2. The number of para-hydroxylation sites is 1. The first-order chi connectivity index (χ1) is 14.0. The number of ether oxygens (including phenoxy) is 1. The largest absolute Gasteiger partial charge is 0.459 e. The van der Waals surface area contributed by atoms with Crippen LogP contribution in [0, 0.1) is 0 Å². The first kappa shape index (κ1) is 19.6. The maximum atomic E-state index is 12.3. The number of anilines is 1. The predicted octanol–water partition coefficient (Wildman–Crippen LogP) is 2.65. The third-order valence-corrected chi connectivity index (χ3v) is 3.76. The van der Waals surface area contributed by atoms with Crippen LogP contribution in [0.5, 0.6) is 0 Å². The molecule has 2 aromatic carbocycles. The summed E-state index contributed by atoms with van der Waals surface area (Å²) in [6.07, 6.45) is 1.35. The smallest absolute Gasteiger partial charge is 0.340 e. The minimum Gasteiger partial charge on any atom is -0.459 e. The molecule has 0 atom stereocenters. The first-order valence-corrected chi connectivity index (χ1v) is 8.55. The Balaban J connectivity index is 1.59. The summed E-state index contributed by atoms with van der Waals surface area (Å²) in [6.45, 7) is -0.655. The van der Waals surface area contributed by atoms with Crippen molar-refractivity contribution in [3.05, 3.63) is 89.9 Å². The number of furan rings is 1. The SMILES string of the molecule is O=C(COC(=O)c1ccccc1NC(=O)c1ccco1)NC(=O)c1ccccc1. The number of carbonyl (C=O) groups excluding carboxylic acids is 4. The van der Waals surface area contributed by atoms with Crippen molar-refractivity contribution in [2.45, 2.75) is 0 Å². The van der Waals surface area contributed by atoms with Gasteiger partial charge in [0.2, 0.25) is 0 Å². The second-order valence-electron chi connectivity index (χ2n) is 5.80. The predicted molar refractivity (Wildman–Crippen MR) is 102 cm³/mol. The second-order valence-corrected chi connectivity index (χ2v) is 5.80. The third-order valence-electron chi connectivity index (χ3n) is 3.76. The summed E-state index contributed by atoms with van der Waals surface area (Å²) in [5, 5.41) is 4.68. The van der Waals surface area contributed by atoms with Crippen molar-refractivity contribution in [3.8, 4) is 0 Å². The Bertz CT molecular complexity index is 1030. The number of rotatable bonds is 6. The molecule has 2 N–H and O–H groups in total. The molecule has 8 heteroatoms. The summed E-state index contributed by atoms with van der Waals surface area (Å²) in [5.74, 6) is -2.67. The van der Waals surface area contributed by atoms with E-state index < -0.39 is 30.3 Å². The Kier molecular flexibility index (Phi) is 6.16. The Hall–Kier alpha value is -4.20. The number of carbonyl (C=O) groups is 4. The zero-order valence-corrected chi connectivity index (χ0v) is 15.1. The normalized spacial score (nSPS) is 10.1. The van der Waals surface area contributed by atoms with E-state index in [0.29, 0.717) is 5.56 Å². The van der Waals surface area contributed by atoms with Gasteiger partial charge < -0.3 is 14.5 Å². The lowest BCUT2D eigenvalue weighted by molar-refractivity contribution is -0.123. The number of hydrogen-bond donors (Lipinski definition) is 2. The van der Waals surface area contributed by atoms with Gasteiger partial charge in [-0.15, -0.1) is 0 Å². The molecule has 1 aromatic heterocycles. The number of amides is 3. The zero-order chi connectivity index (χ0) is 20.6. The van der Waals surface area contributed by atoms with Crippen LogP contribution in [0.4, 0.5) is 5.69 Å². The lowest BCUT2D eigenvalue weighted by atomic mass is 10.1. The van der Waals surface area contributed by atoms with Gasteiger partial charge in [0.1, 0.15) is 0 Å². The molecule has 0 saturated heterocycles. The number of esters is 1. The highest BCUT2D eigenvalue weighted by Gasteiger charge is 2.18. The summed E-state index contributed by atoms with van der Waals surface area (Å²) >= 11 is 0. The zero-order valence-electron chi connectivity index (χ0n) is 15.1. The highest BCUT2D eigenvalue weighted by Crippen LogP contribution is 2.17. The molecule has 1 heterocycles. The van der Waals surface area contributed by atoms with Crippen molar-refractivity contribution in [1.29, 1.82) is 0 Å². The maximum Gasteiger partial charge on any atom is 0.340 e. The second kappa shape index (κ2) is 9.14. The topological polar surface area (TPSA) is 115 Å². The molecule has 0 aliphatic carbocycles. The average Bonchev–Trinajstić information content (AvgIpc) is 3.28. The van der Waals surface area contributed by atoms with E-state index in [1.165, 1.54) is 24.5 Å². The monoisotopic (exact) mass is 392 g/mol. The Labute approximate surface area is 165 Å². The van der Waals surface area contributed by atoms with Crippen molar-refractivity contribution >= 4 is 29.4 Å². The van der Waals surface area contributed by atoms with Crippen molar-refractivity contribution in [3.63, 3.8) is 0 Å². The van der Waals surface area contributed by atoms with Gasteiger partial charge >= 0.3 is 5.97 Å². The standard InChI is InChI=1S/C21H16N2O6/c24-18(23-19(25)14-7-2-1-3-8-14)13-29-21(27)15-9-4-5-10-16(15)22-20(26)17-11-6-12-28-17/h1-12H,13H2,(H,22,26)(H,23,24,25). The lowest BCUT2D eigenvalue weighted by Crippen LogP contribution is -2.34. The molecule has 0 fully saturated rings. The summed E-state index contributed by atoms with van der Waals surface area (Å²) in [5.41, 5.74) is 0.549. The first-order valence-electron chi connectivity index (χ1n) is 8.55. The van der Waals surface area contributed by atoms with Crippen LogP contribution in [-0.2, 0) is 9.53 Å². The molecule has 0 unspecified atom stereocenters. The summed E-state index contributed by atoms with van der Waals surface area (Å²) < 4.78 is 9.97. The molecule has 0 aliphatic heterocycles. The molecule has 3 aromatic rings. The van der Waals surface area contributed by atoms with Crippen LogP contribution in [0.2, 0.25) is 0 Å². The van der Waals surface area contributed by atoms with Crippen LogP contribution >= 0.6 is 0 Å². The molecule has 3 amide bonds. The quantitative estimate of drug-likeness (QED) is 0.623. The molecule has 0 radical (unpaired) electrons. The van der Waals surface area contributed by atoms with Gasteiger partial charge in [0.15, 0.2) is 12.4 Å². The van der Waals surface area contributed by atoms with E-state index in [9.17, 15) is 19.2 Å². The Morgan fingerprint density at radius 1 is 0.828 bits per heavy atom. The van der Waals surface area contributed by atoms with E-state index in [1.54, 1.807) is 48.5 Å². The third kappa shape index (κ3) is 5.16. The van der Waals surface area contributed by atoms with Gasteiger partial charge in [0.05, 0.1) is 17.5 Å². The van der Waals surface area contributed by atoms with Gasteiger partial charge in [-0.3, -0.25) is 19.7 Å². The van der Waals surface area contributed by atoms with Crippen molar-refractivity contribution < 1.29 is 28.3 Å². The van der Waals surface area contributed by atoms with Crippen LogP contribution in [-0.4, -0.2) is 30.3 Å². The highest BCUT2D eigenvalue weighted by molar-refractivity contribution is 6.08. The molecular formula is C21H16N2O6. The number of nitrogens with one attached hydrogen (secondary N) is 2. The maximum absolute atomic E-state index is 12.3. The Morgan fingerprint density at radius 2 is 1.55 bits per heavy atom. The van der Waals surface area contributed by atoms with E-state index in [1.807, 2.05) is 0 Å². The fourth-order valence-electron chi connectivity index (χ4n) is 2.40. The van der Waals surface area contributed by atoms with Gasteiger partial charge in [0, 0.05) is 5.56 Å². The minimum absolute atomic E-state index is 0.0505. The molecule has 8 nitrogen and oxygen atoms in total. The fourth-order valence-corrected chi connectivity index (χ4v) is 2.40. The molecule has 29 heavy (non-hydrogen) atoms. The molecule has 146 valence electrons. The van der Waals surface area contributed by atoms with Crippen molar-refractivity contribution in [1.82, 2.24) is 5.32 Å². The summed E-state index contributed by atoms with van der Waals surface area (Å²) in [7, 11) is 0. The van der Waals surface area contributed by atoms with E-state index in [-0.39, 0.29) is 17.0 Å². The van der Waals surface area contributed by atoms with Crippen LogP contribution in [0.3, 0.4) is 0 Å². The average molecular weight is 392 g/mol. The molecular weight excluding hydrogens is 376 g/mol. The minimum atomic E-state index is -0.831.